The molecule has 0 N–H and O–H groups in total. The van der Waals surface area contributed by atoms with Gasteiger partial charge in [-0.05, 0) is 37.1 Å². The molecule has 1 aliphatic carbocycles. The molecule has 0 saturated heterocycles. The highest BCUT2D eigenvalue weighted by Crippen LogP contribution is 2.19. The fourth-order valence-electron chi connectivity index (χ4n) is 1.45. The van der Waals surface area contributed by atoms with Crippen molar-refractivity contribution in [3.8, 4) is 5.75 Å². The molecule has 1 aromatic carbocycles. The molecule has 0 heterocycles. The van der Waals surface area contributed by atoms with Gasteiger partial charge < -0.3 is 4.74 Å². The maximum atomic E-state index is 5.80. The summed E-state index contributed by atoms with van der Waals surface area (Å²) in [4.78, 5) is 0. The third kappa shape index (κ3) is 2.59. The minimum atomic E-state index is 0.887. The molecule has 0 bridgehead atoms. The van der Waals surface area contributed by atoms with Gasteiger partial charge in [0.1, 0.15) is 11.5 Å². The van der Waals surface area contributed by atoms with Crippen LogP contribution in [0.4, 0.5) is 0 Å². The number of hydrogen-bond acceptors (Lipinski definition) is 1. The molecule has 76 valence electrons. The van der Waals surface area contributed by atoms with E-state index < -0.39 is 0 Å². The standard InChI is InChI=1S/C14H14O/c1-12-8-4-2-7-11-14(12)15-13-9-5-3-6-10-13/h2-7,9-11H,8H2,1H3. The van der Waals surface area contributed by atoms with E-state index >= 15 is 0 Å². The van der Waals surface area contributed by atoms with Crippen molar-refractivity contribution in [1.29, 1.82) is 0 Å². The van der Waals surface area contributed by atoms with Gasteiger partial charge in [0, 0.05) is 0 Å². The number of para-hydroxylation sites is 1. The molecule has 0 amide bonds. The highest BCUT2D eigenvalue weighted by Gasteiger charge is 2.02. The zero-order chi connectivity index (χ0) is 10.5. The summed E-state index contributed by atoms with van der Waals surface area (Å²) in [6, 6.07) is 9.87. The zero-order valence-corrected chi connectivity index (χ0v) is 8.81. The van der Waals surface area contributed by atoms with E-state index in [1.165, 1.54) is 5.57 Å². The van der Waals surface area contributed by atoms with E-state index in [0.717, 1.165) is 17.9 Å². The molecule has 1 heteroatoms. The third-order valence-corrected chi connectivity index (χ3v) is 2.31. The fourth-order valence-corrected chi connectivity index (χ4v) is 1.45. The molecule has 0 unspecified atom stereocenters. The van der Waals surface area contributed by atoms with Gasteiger partial charge in [0.15, 0.2) is 0 Å². The molecule has 0 saturated carbocycles. The SMILES string of the molecule is CC1=C(Oc2ccccc2)C=CC=CC1. The van der Waals surface area contributed by atoms with Crippen LogP contribution in [0.25, 0.3) is 0 Å². The van der Waals surface area contributed by atoms with E-state index in [1.54, 1.807) is 0 Å². The summed E-state index contributed by atoms with van der Waals surface area (Å²) in [6.45, 7) is 2.10. The van der Waals surface area contributed by atoms with Gasteiger partial charge in [0.25, 0.3) is 0 Å². The maximum Gasteiger partial charge on any atom is 0.127 e. The first-order valence-electron chi connectivity index (χ1n) is 5.12. The Morgan fingerprint density at radius 1 is 1.07 bits per heavy atom. The molecule has 1 aromatic rings. The van der Waals surface area contributed by atoms with Crippen molar-refractivity contribution in [2.24, 2.45) is 0 Å². The third-order valence-electron chi connectivity index (χ3n) is 2.31. The van der Waals surface area contributed by atoms with Crippen LogP contribution in [0.5, 0.6) is 5.75 Å². The molecule has 2 rings (SSSR count). The van der Waals surface area contributed by atoms with Crippen LogP contribution in [-0.2, 0) is 0 Å². The van der Waals surface area contributed by atoms with Crippen LogP contribution < -0.4 is 4.74 Å². The van der Waals surface area contributed by atoms with Gasteiger partial charge in [0.05, 0.1) is 0 Å². The van der Waals surface area contributed by atoms with Crippen LogP contribution in [0, 0.1) is 0 Å². The summed E-state index contributed by atoms with van der Waals surface area (Å²) in [5.41, 5.74) is 1.25. The Hall–Kier alpha value is -1.76. The van der Waals surface area contributed by atoms with Crippen molar-refractivity contribution < 1.29 is 4.74 Å². The molecular formula is C14H14O. The molecule has 0 aliphatic heterocycles. The van der Waals surface area contributed by atoms with E-state index in [2.05, 4.69) is 13.0 Å². The van der Waals surface area contributed by atoms with Crippen molar-refractivity contribution in [2.45, 2.75) is 13.3 Å². The van der Waals surface area contributed by atoms with Crippen molar-refractivity contribution in [3.63, 3.8) is 0 Å². The topological polar surface area (TPSA) is 9.23 Å². The lowest BCUT2D eigenvalue weighted by molar-refractivity contribution is 0.437. The quantitative estimate of drug-likeness (QED) is 0.701. The number of ether oxygens (including phenoxy) is 1. The fraction of sp³-hybridized carbons (Fsp3) is 0.143. The first kappa shape index (κ1) is 9.78. The van der Waals surface area contributed by atoms with E-state index in [0.29, 0.717) is 0 Å². The Kier molecular flexibility index (Phi) is 3.03. The predicted octanol–water partition coefficient (Wildman–Crippen LogP) is 3.86. The number of hydrogen-bond donors (Lipinski definition) is 0. The van der Waals surface area contributed by atoms with Gasteiger partial charge in [-0.3, -0.25) is 0 Å². The van der Waals surface area contributed by atoms with Gasteiger partial charge in [-0.2, -0.15) is 0 Å². The maximum absolute atomic E-state index is 5.80. The zero-order valence-electron chi connectivity index (χ0n) is 8.81. The van der Waals surface area contributed by atoms with E-state index in [-0.39, 0.29) is 0 Å². The average molecular weight is 198 g/mol. The lowest BCUT2D eigenvalue weighted by Gasteiger charge is -2.08. The summed E-state index contributed by atoms with van der Waals surface area (Å²) >= 11 is 0. The van der Waals surface area contributed by atoms with E-state index in [9.17, 15) is 0 Å². The minimum Gasteiger partial charge on any atom is -0.457 e. The predicted molar refractivity (Wildman–Crippen MR) is 62.7 cm³/mol. The first-order valence-corrected chi connectivity index (χ1v) is 5.12. The highest BCUT2D eigenvalue weighted by atomic mass is 16.5. The Balaban J connectivity index is 2.18. The van der Waals surface area contributed by atoms with Crippen LogP contribution in [0.3, 0.4) is 0 Å². The summed E-state index contributed by atoms with van der Waals surface area (Å²) in [7, 11) is 0. The summed E-state index contributed by atoms with van der Waals surface area (Å²) in [6.07, 6.45) is 9.15. The van der Waals surface area contributed by atoms with E-state index in [4.69, 9.17) is 4.74 Å². The highest BCUT2D eigenvalue weighted by molar-refractivity contribution is 5.32. The first-order chi connectivity index (χ1) is 7.36. The second-order valence-corrected chi connectivity index (χ2v) is 3.55. The summed E-state index contributed by atoms with van der Waals surface area (Å²) in [5, 5.41) is 0. The van der Waals surface area contributed by atoms with Crippen molar-refractivity contribution in [2.75, 3.05) is 0 Å². The van der Waals surface area contributed by atoms with E-state index in [1.807, 2.05) is 48.6 Å². The Morgan fingerprint density at radius 2 is 1.87 bits per heavy atom. The van der Waals surface area contributed by atoms with Crippen molar-refractivity contribution >= 4 is 0 Å². The molecule has 0 aromatic heterocycles. The van der Waals surface area contributed by atoms with Gasteiger partial charge in [0.2, 0.25) is 0 Å². The second-order valence-electron chi connectivity index (χ2n) is 3.55. The average Bonchev–Trinajstić information content (AvgIpc) is 2.46. The molecular weight excluding hydrogens is 184 g/mol. The van der Waals surface area contributed by atoms with Gasteiger partial charge >= 0.3 is 0 Å². The van der Waals surface area contributed by atoms with Crippen LogP contribution in [-0.4, -0.2) is 0 Å². The van der Waals surface area contributed by atoms with Gasteiger partial charge in [-0.25, -0.2) is 0 Å². The van der Waals surface area contributed by atoms with Crippen LogP contribution >= 0.6 is 0 Å². The van der Waals surface area contributed by atoms with Crippen LogP contribution in [0.15, 0.2) is 66.0 Å². The number of allylic oxidation sites excluding steroid dienone is 5. The van der Waals surface area contributed by atoms with Crippen molar-refractivity contribution in [1.82, 2.24) is 0 Å². The normalized spacial score (nSPS) is 15.3. The molecule has 0 spiro atoms. The smallest absolute Gasteiger partial charge is 0.127 e. The second kappa shape index (κ2) is 4.65. The molecule has 0 fully saturated rings. The largest absolute Gasteiger partial charge is 0.457 e. The minimum absolute atomic E-state index is 0.887. The monoisotopic (exact) mass is 198 g/mol. The molecule has 1 nitrogen and oxygen atoms in total. The summed E-state index contributed by atoms with van der Waals surface area (Å²) < 4.78 is 5.80. The van der Waals surface area contributed by atoms with Crippen LogP contribution in [0.1, 0.15) is 13.3 Å². The van der Waals surface area contributed by atoms with Gasteiger partial charge in [-0.1, -0.05) is 36.4 Å². The Labute approximate surface area is 90.4 Å². The molecule has 15 heavy (non-hydrogen) atoms. The molecule has 0 atom stereocenters. The summed E-state index contributed by atoms with van der Waals surface area (Å²) in [5.74, 6) is 1.84. The Bertz CT molecular complexity index is 410. The molecule has 1 aliphatic rings. The number of rotatable bonds is 2. The van der Waals surface area contributed by atoms with Crippen LogP contribution in [0.2, 0.25) is 0 Å². The number of benzene rings is 1. The molecule has 0 radical (unpaired) electrons. The lowest BCUT2D eigenvalue weighted by Crippen LogP contribution is -1.95. The Morgan fingerprint density at radius 3 is 2.67 bits per heavy atom. The van der Waals surface area contributed by atoms with Crippen molar-refractivity contribution in [3.05, 3.63) is 66.0 Å². The van der Waals surface area contributed by atoms with Gasteiger partial charge in [-0.15, -0.1) is 0 Å². The lowest BCUT2D eigenvalue weighted by atomic mass is 10.2.